The lowest BCUT2D eigenvalue weighted by atomic mass is 10.1. The van der Waals surface area contributed by atoms with E-state index < -0.39 is 47.7 Å². The summed E-state index contributed by atoms with van der Waals surface area (Å²) in [4.78, 5) is 57.7. The van der Waals surface area contributed by atoms with Crippen LogP contribution < -0.4 is 11.1 Å². The first-order valence-corrected chi connectivity index (χ1v) is 8.96. The molecule has 0 unspecified atom stereocenters. The summed E-state index contributed by atoms with van der Waals surface area (Å²) in [6.45, 7) is -0.827. The second-order valence-electron chi connectivity index (χ2n) is 6.27. The van der Waals surface area contributed by atoms with Crippen LogP contribution in [0.4, 0.5) is 10.5 Å². The fourth-order valence-electron chi connectivity index (χ4n) is 2.42. The fraction of sp³-hybridized carbons (Fsp3) is 0.200. The van der Waals surface area contributed by atoms with Crippen molar-refractivity contribution < 1.29 is 33.6 Å². The van der Waals surface area contributed by atoms with E-state index in [0.717, 1.165) is 6.07 Å². The number of rotatable bonds is 10. The summed E-state index contributed by atoms with van der Waals surface area (Å²) in [6, 6.07) is 12.1. The first-order chi connectivity index (χ1) is 14.8. The molecule has 2 aromatic rings. The summed E-state index contributed by atoms with van der Waals surface area (Å²) < 4.78 is 9.83. The molecular weight excluding hydrogens is 410 g/mol. The minimum absolute atomic E-state index is 0.0383. The molecule has 0 aliphatic rings. The molecule has 0 radical (unpaired) electrons. The largest absolute Gasteiger partial charge is 0.456 e. The van der Waals surface area contributed by atoms with Crippen molar-refractivity contribution in [3.05, 3.63) is 75.8 Å². The van der Waals surface area contributed by atoms with Crippen LogP contribution in [0.25, 0.3) is 0 Å². The number of nitrogens with zero attached hydrogens (tertiary/aromatic N) is 1. The van der Waals surface area contributed by atoms with Gasteiger partial charge in [-0.3, -0.25) is 19.7 Å². The van der Waals surface area contributed by atoms with Gasteiger partial charge in [-0.25, -0.2) is 9.59 Å². The molecule has 1 atom stereocenters. The maximum Gasteiger partial charge on any atom is 0.408 e. The summed E-state index contributed by atoms with van der Waals surface area (Å²) >= 11 is 0. The first kappa shape index (κ1) is 23.0. The van der Waals surface area contributed by atoms with Crippen LogP contribution >= 0.6 is 0 Å². The summed E-state index contributed by atoms with van der Waals surface area (Å²) in [5.41, 5.74) is 5.46. The predicted octanol–water partition coefficient (Wildman–Crippen LogP) is 1.49. The van der Waals surface area contributed by atoms with Gasteiger partial charge in [0.15, 0.2) is 6.61 Å². The number of nitro benzene ring substituents is 1. The molecule has 0 saturated heterocycles. The van der Waals surface area contributed by atoms with Gasteiger partial charge in [0.1, 0.15) is 12.6 Å². The Balaban J connectivity index is 1.93. The molecule has 11 heteroatoms. The van der Waals surface area contributed by atoms with Gasteiger partial charge in [-0.05, 0) is 5.56 Å². The Bertz CT molecular complexity index is 977. The second kappa shape index (κ2) is 11.0. The van der Waals surface area contributed by atoms with Gasteiger partial charge in [0.05, 0.1) is 11.3 Å². The number of primary amides is 1. The molecule has 0 spiro atoms. The van der Waals surface area contributed by atoms with Crippen LogP contribution in [0.5, 0.6) is 0 Å². The number of alkyl carbamates (subject to hydrolysis) is 1. The molecule has 0 aliphatic carbocycles. The first-order valence-electron chi connectivity index (χ1n) is 8.96. The number of esters is 1. The van der Waals surface area contributed by atoms with Crippen LogP contribution in [-0.2, 0) is 25.7 Å². The number of nitrogens with one attached hydrogen (secondary N) is 1. The van der Waals surface area contributed by atoms with Crippen molar-refractivity contribution in [1.82, 2.24) is 5.32 Å². The maximum atomic E-state index is 12.2. The van der Waals surface area contributed by atoms with Crippen LogP contribution in [0.2, 0.25) is 0 Å². The van der Waals surface area contributed by atoms with Crippen LogP contribution in [0, 0.1) is 10.1 Å². The van der Waals surface area contributed by atoms with Crippen molar-refractivity contribution >= 4 is 29.4 Å². The van der Waals surface area contributed by atoms with E-state index in [2.05, 4.69) is 5.32 Å². The van der Waals surface area contributed by atoms with Crippen LogP contribution in [0.3, 0.4) is 0 Å². The topological polar surface area (TPSA) is 168 Å². The molecule has 2 amide bonds. The number of hydrogen-bond acceptors (Lipinski definition) is 8. The van der Waals surface area contributed by atoms with Crippen molar-refractivity contribution in [3.8, 4) is 0 Å². The molecule has 31 heavy (non-hydrogen) atoms. The lowest BCUT2D eigenvalue weighted by molar-refractivity contribution is -0.384. The number of non-ortho nitro benzene ring substituents is 1. The fourth-order valence-corrected chi connectivity index (χ4v) is 2.42. The van der Waals surface area contributed by atoms with E-state index in [9.17, 15) is 29.3 Å². The number of hydrogen-bond donors (Lipinski definition) is 2. The number of amides is 2. The van der Waals surface area contributed by atoms with E-state index in [0.29, 0.717) is 5.56 Å². The number of ketones is 1. The maximum absolute atomic E-state index is 12.2. The Morgan fingerprint density at radius 3 is 2.39 bits per heavy atom. The third-order valence-corrected chi connectivity index (χ3v) is 3.92. The van der Waals surface area contributed by atoms with Crippen LogP contribution in [0.1, 0.15) is 22.3 Å². The number of ether oxygens (including phenoxy) is 2. The second-order valence-corrected chi connectivity index (χ2v) is 6.27. The summed E-state index contributed by atoms with van der Waals surface area (Å²) in [6.07, 6.45) is -1.57. The number of nitrogens with two attached hydrogens (primary N) is 1. The minimum atomic E-state index is -1.47. The summed E-state index contributed by atoms with van der Waals surface area (Å²) in [5.74, 6) is -2.69. The summed E-state index contributed by atoms with van der Waals surface area (Å²) in [5, 5.41) is 13.0. The smallest absolute Gasteiger partial charge is 0.408 e. The molecule has 0 fully saturated rings. The van der Waals surface area contributed by atoms with Gasteiger partial charge in [0.2, 0.25) is 11.7 Å². The zero-order valence-electron chi connectivity index (χ0n) is 16.2. The Kier molecular flexibility index (Phi) is 8.20. The lowest BCUT2D eigenvalue weighted by Crippen LogP contribution is -2.44. The highest BCUT2D eigenvalue weighted by molar-refractivity contribution is 5.99. The number of benzene rings is 2. The molecule has 3 N–H and O–H groups in total. The SMILES string of the molecule is NC(=O)C[C@H](NC(=O)OCc1ccccc1)C(=O)OCC(=O)c1cccc([N+](=O)[O-])c1. The Morgan fingerprint density at radius 1 is 1.03 bits per heavy atom. The molecule has 2 rings (SSSR count). The van der Waals surface area contributed by atoms with E-state index in [1.54, 1.807) is 30.3 Å². The van der Waals surface area contributed by atoms with Crippen molar-refractivity contribution in [1.29, 1.82) is 0 Å². The van der Waals surface area contributed by atoms with Crippen molar-refractivity contribution in [3.63, 3.8) is 0 Å². The Morgan fingerprint density at radius 2 is 1.74 bits per heavy atom. The highest BCUT2D eigenvalue weighted by Gasteiger charge is 2.26. The van der Waals surface area contributed by atoms with Gasteiger partial charge in [-0.1, -0.05) is 42.5 Å². The molecule has 2 aromatic carbocycles. The number of carbonyl (C=O) groups is 4. The zero-order chi connectivity index (χ0) is 22.8. The van der Waals surface area contributed by atoms with E-state index in [1.807, 2.05) is 0 Å². The zero-order valence-corrected chi connectivity index (χ0v) is 16.2. The van der Waals surface area contributed by atoms with Gasteiger partial charge in [0.25, 0.3) is 5.69 Å². The predicted molar refractivity (Wildman–Crippen MR) is 106 cm³/mol. The lowest BCUT2D eigenvalue weighted by Gasteiger charge is -2.16. The monoisotopic (exact) mass is 429 g/mol. The average molecular weight is 429 g/mol. The van der Waals surface area contributed by atoms with Crippen molar-refractivity contribution in [2.24, 2.45) is 5.73 Å². The average Bonchev–Trinajstić information content (AvgIpc) is 2.75. The number of Topliss-reactive ketones (excluding diaryl/α,β-unsaturated/α-hetero) is 1. The molecule has 11 nitrogen and oxygen atoms in total. The van der Waals surface area contributed by atoms with Gasteiger partial charge < -0.3 is 20.5 Å². The van der Waals surface area contributed by atoms with Gasteiger partial charge >= 0.3 is 12.1 Å². The molecule has 0 aliphatic heterocycles. The molecular formula is C20H19N3O8. The highest BCUT2D eigenvalue weighted by atomic mass is 16.6. The van der Waals surface area contributed by atoms with Crippen molar-refractivity contribution in [2.45, 2.75) is 19.1 Å². The molecule has 162 valence electrons. The Hall–Kier alpha value is -4.28. The van der Waals surface area contributed by atoms with Crippen molar-refractivity contribution in [2.75, 3.05) is 6.61 Å². The standard InChI is InChI=1S/C20H19N3O8/c21-18(25)10-16(22-20(27)31-11-13-5-2-1-3-6-13)19(26)30-12-17(24)14-7-4-8-15(9-14)23(28)29/h1-9,16H,10-12H2,(H2,21,25)(H,22,27)/t16-/m0/s1. The highest BCUT2D eigenvalue weighted by Crippen LogP contribution is 2.13. The minimum Gasteiger partial charge on any atom is -0.456 e. The van der Waals surface area contributed by atoms with E-state index in [1.165, 1.54) is 18.2 Å². The molecule has 0 saturated carbocycles. The number of carbonyl (C=O) groups excluding carboxylic acids is 4. The molecule has 0 aromatic heterocycles. The van der Waals surface area contributed by atoms with Crippen LogP contribution in [-0.4, -0.2) is 41.3 Å². The van der Waals surface area contributed by atoms with E-state index >= 15 is 0 Å². The van der Waals surface area contributed by atoms with Gasteiger partial charge in [-0.2, -0.15) is 0 Å². The van der Waals surface area contributed by atoms with Gasteiger partial charge in [-0.15, -0.1) is 0 Å². The summed E-state index contributed by atoms with van der Waals surface area (Å²) in [7, 11) is 0. The molecule has 0 bridgehead atoms. The normalized spacial score (nSPS) is 11.1. The quantitative estimate of drug-likeness (QED) is 0.248. The molecule has 0 heterocycles. The number of nitro groups is 1. The van der Waals surface area contributed by atoms with E-state index in [4.69, 9.17) is 15.2 Å². The third-order valence-electron chi connectivity index (χ3n) is 3.92. The van der Waals surface area contributed by atoms with Gasteiger partial charge in [0, 0.05) is 17.7 Å². The third kappa shape index (κ3) is 7.57. The van der Waals surface area contributed by atoms with E-state index in [-0.39, 0.29) is 17.9 Å². The van der Waals surface area contributed by atoms with Crippen LogP contribution in [0.15, 0.2) is 54.6 Å². The Labute approximate surface area is 176 Å².